The van der Waals surface area contributed by atoms with Crippen LogP contribution < -0.4 is 10.6 Å². The number of likely N-dealkylation sites (tertiary alicyclic amines) is 1. The second-order valence-electron chi connectivity index (χ2n) is 6.62. The van der Waals surface area contributed by atoms with Gasteiger partial charge in [0.15, 0.2) is 0 Å². The molecule has 0 radical (unpaired) electrons. The third-order valence-corrected chi connectivity index (χ3v) is 3.58. The second kappa shape index (κ2) is 5.99. The van der Waals surface area contributed by atoms with E-state index in [1.165, 1.54) is 0 Å². The SMILES string of the molecule is CC(C)(C)OC(=O)N1CCC(NCC2CCC(=O)N2)C1. The average molecular weight is 283 g/mol. The highest BCUT2D eigenvalue weighted by Gasteiger charge is 2.30. The minimum Gasteiger partial charge on any atom is -0.444 e. The lowest BCUT2D eigenvalue weighted by atomic mass is 10.2. The summed E-state index contributed by atoms with van der Waals surface area (Å²) in [6.07, 6.45) is 2.21. The smallest absolute Gasteiger partial charge is 0.410 e. The molecule has 2 heterocycles. The highest BCUT2D eigenvalue weighted by atomic mass is 16.6. The predicted octanol–water partition coefficient (Wildman–Crippen LogP) is 0.864. The normalized spacial score (nSPS) is 26.8. The number of hydrogen-bond donors (Lipinski definition) is 2. The van der Waals surface area contributed by atoms with Gasteiger partial charge >= 0.3 is 6.09 Å². The molecule has 2 saturated heterocycles. The molecule has 114 valence electrons. The summed E-state index contributed by atoms with van der Waals surface area (Å²) < 4.78 is 5.36. The van der Waals surface area contributed by atoms with Crippen LogP contribution in [0.3, 0.4) is 0 Å². The van der Waals surface area contributed by atoms with Crippen molar-refractivity contribution in [3.05, 3.63) is 0 Å². The van der Waals surface area contributed by atoms with Crippen molar-refractivity contribution < 1.29 is 14.3 Å². The van der Waals surface area contributed by atoms with E-state index in [2.05, 4.69) is 10.6 Å². The average Bonchev–Trinajstić information content (AvgIpc) is 2.93. The Bertz CT molecular complexity index is 378. The zero-order valence-electron chi connectivity index (χ0n) is 12.6. The van der Waals surface area contributed by atoms with Gasteiger partial charge in [0.25, 0.3) is 0 Å². The van der Waals surface area contributed by atoms with Crippen LogP contribution in [0.5, 0.6) is 0 Å². The quantitative estimate of drug-likeness (QED) is 0.806. The number of rotatable bonds is 3. The minimum absolute atomic E-state index is 0.138. The van der Waals surface area contributed by atoms with Crippen LogP contribution in [-0.4, -0.2) is 54.2 Å². The Morgan fingerprint density at radius 3 is 2.80 bits per heavy atom. The molecule has 0 aliphatic carbocycles. The molecule has 0 saturated carbocycles. The van der Waals surface area contributed by atoms with E-state index in [1.807, 2.05) is 20.8 Å². The maximum absolute atomic E-state index is 11.9. The van der Waals surface area contributed by atoms with Crippen LogP contribution in [0.4, 0.5) is 4.79 Å². The molecule has 0 aromatic carbocycles. The van der Waals surface area contributed by atoms with Crippen LogP contribution in [0.2, 0.25) is 0 Å². The van der Waals surface area contributed by atoms with Crippen LogP contribution in [-0.2, 0) is 9.53 Å². The van der Waals surface area contributed by atoms with Crippen molar-refractivity contribution in [1.82, 2.24) is 15.5 Å². The van der Waals surface area contributed by atoms with Gasteiger partial charge in [-0.3, -0.25) is 4.79 Å². The molecule has 0 bridgehead atoms. The molecule has 2 amide bonds. The predicted molar refractivity (Wildman–Crippen MR) is 75.4 cm³/mol. The number of ether oxygens (including phenoxy) is 1. The standard InChI is InChI=1S/C14H25N3O3/c1-14(2,3)20-13(19)17-7-6-11(9-17)15-8-10-4-5-12(18)16-10/h10-11,15H,4-9H2,1-3H3,(H,16,18). The summed E-state index contributed by atoms with van der Waals surface area (Å²) >= 11 is 0. The molecular weight excluding hydrogens is 258 g/mol. The van der Waals surface area contributed by atoms with E-state index in [1.54, 1.807) is 4.90 Å². The van der Waals surface area contributed by atoms with Gasteiger partial charge in [-0.1, -0.05) is 0 Å². The molecule has 2 aliphatic rings. The van der Waals surface area contributed by atoms with E-state index in [-0.39, 0.29) is 18.0 Å². The van der Waals surface area contributed by atoms with E-state index in [0.29, 0.717) is 19.0 Å². The summed E-state index contributed by atoms with van der Waals surface area (Å²) in [5, 5.41) is 6.36. The molecule has 2 rings (SSSR count). The van der Waals surface area contributed by atoms with Crippen molar-refractivity contribution in [3.63, 3.8) is 0 Å². The van der Waals surface area contributed by atoms with E-state index in [9.17, 15) is 9.59 Å². The van der Waals surface area contributed by atoms with E-state index in [0.717, 1.165) is 25.9 Å². The number of carbonyl (C=O) groups excluding carboxylic acids is 2. The molecule has 0 aromatic heterocycles. The Kier molecular flexibility index (Phi) is 4.52. The monoisotopic (exact) mass is 283 g/mol. The second-order valence-corrected chi connectivity index (χ2v) is 6.62. The van der Waals surface area contributed by atoms with Gasteiger partial charge in [0.1, 0.15) is 5.60 Å². The molecule has 6 nitrogen and oxygen atoms in total. The molecule has 2 fully saturated rings. The summed E-state index contributed by atoms with van der Waals surface area (Å²) in [4.78, 5) is 24.8. The largest absolute Gasteiger partial charge is 0.444 e. The fraction of sp³-hybridized carbons (Fsp3) is 0.857. The lowest BCUT2D eigenvalue weighted by Gasteiger charge is -2.24. The van der Waals surface area contributed by atoms with Crippen molar-refractivity contribution in [2.24, 2.45) is 0 Å². The van der Waals surface area contributed by atoms with E-state index < -0.39 is 5.60 Å². The lowest BCUT2D eigenvalue weighted by Crippen LogP contribution is -2.42. The Labute approximate surface area is 120 Å². The van der Waals surface area contributed by atoms with E-state index in [4.69, 9.17) is 4.74 Å². The highest BCUT2D eigenvalue weighted by Crippen LogP contribution is 2.15. The Balaban J connectivity index is 1.69. The van der Waals surface area contributed by atoms with Gasteiger partial charge in [-0.25, -0.2) is 4.79 Å². The fourth-order valence-corrected chi connectivity index (χ4v) is 2.56. The van der Waals surface area contributed by atoms with Gasteiger partial charge in [0, 0.05) is 38.1 Å². The Morgan fingerprint density at radius 2 is 2.20 bits per heavy atom. The van der Waals surface area contributed by atoms with Crippen LogP contribution in [0, 0.1) is 0 Å². The van der Waals surface area contributed by atoms with Crippen molar-refractivity contribution in [3.8, 4) is 0 Å². The van der Waals surface area contributed by atoms with Gasteiger partial charge < -0.3 is 20.3 Å². The number of nitrogens with one attached hydrogen (secondary N) is 2. The zero-order chi connectivity index (χ0) is 14.8. The maximum atomic E-state index is 11.9. The molecule has 2 unspecified atom stereocenters. The summed E-state index contributed by atoms with van der Waals surface area (Å²) in [7, 11) is 0. The number of amides is 2. The van der Waals surface area contributed by atoms with Crippen LogP contribution in [0.1, 0.15) is 40.0 Å². The molecule has 20 heavy (non-hydrogen) atoms. The number of carbonyl (C=O) groups is 2. The Hall–Kier alpha value is -1.30. The van der Waals surface area contributed by atoms with Crippen molar-refractivity contribution in [1.29, 1.82) is 0 Å². The zero-order valence-corrected chi connectivity index (χ0v) is 12.6. The van der Waals surface area contributed by atoms with Crippen molar-refractivity contribution >= 4 is 12.0 Å². The summed E-state index contributed by atoms with van der Waals surface area (Å²) in [5.41, 5.74) is -0.448. The number of nitrogens with zero attached hydrogens (tertiary/aromatic N) is 1. The molecule has 0 aromatic rings. The molecule has 2 atom stereocenters. The molecular formula is C14H25N3O3. The van der Waals surface area contributed by atoms with E-state index >= 15 is 0 Å². The first-order valence-corrected chi connectivity index (χ1v) is 7.34. The van der Waals surface area contributed by atoms with Crippen molar-refractivity contribution in [2.45, 2.75) is 57.7 Å². The molecule has 2 aliphatic heterocycles. The fourth-order valence-electron chi connectivity index (χ4n) is 2.56. The first kappa shape index (κ1) is 15.1. The third kappa shape index (κ3) is 4.37. The molecule has 2 N–H and O–H groups in total. The van der Waals surface area contributed by atoms with Gasteiger partial charge in [-0.05, 0) is 33.6 Å². The van der Waals surface area contributed by atoms with Crippen LogP contribution in [0.25, 0.3) is 0 Å². The third-order valence-electron chi connectivity index (χ3n) is 3.58. The highest BCUT2D eigenvalue weighted by molar-refractivity contribution is 5.78. The Morgan fingerprint density at radius 1 is 1.45 bits per heavy atom. The summed E-state index contributed by atoms with van der Waals surface area (Å²) in [6, 6.07) is 0.526. The van der Waals surface area contributed by atoms with Gasteiger partial charge in [0.05, 0.1) is 0 Å². The lowest BCUT2D eigenvalue weighted by molar-refractivity contribution is -0.119. The number of hydrogen-bond acceptors (Lipinski definition) is 4. The summed E-state index contributed by atoms with van der Waals surface area (Å²) in [5.74, 6) is 0.138. The molecule has 6 heteroatoms. The summed E-state index contributed by atoms with van der Waals surface area (Å²) in [6.45, 7) is 7.80. The van der Waals surface area contributed by atoms with Gasteiger partial charge in [0.2, 0.25) is 5.91 Å². The topological polar surface area (TPSA) is 70.7 Å². The van der Waals surface area contributed by atoms with Gasteiger partial charge in [-0.15, -0.1) is 0 Å². The first-order valence-electron chi connectivity index (χ1n) is 7.34. The first-order chi connectivity index (χ1) is 9.33. The molecule has 0 spiro atoms. The maximum Gasteiger partial charge on any atom is 0.410 e. The van der Waals surface area contributed by atoms with Crippen molar-refractivity contribution in [2.75, 3.05) is 19.6 Å². The van der Waals surface area contributed by atoms with Gasteiger partial charge in [-0.2, -0.15) is 0 Å². The minimum atomic E-state index is -0.448. The van der Waals surface area contributed by atoms with Crippen LogP contribution in [0.15, 0.2) is 0 Å². The van der Waals surface area contributed by atoms with Crippen LogP contribution >= 0.6 is 0 Å².